The van der Waals surface area contributed by atoms with Crippen LogP contribution in [0.15, 0.2) is 95.7 Å². The molecule has 5 heteroatoms. The lowest BCUT2D eigenvalue weighted by molar-refractivity contribution is 0.103. The Kier molecular flexibility index (Phi) is 6.57. The molecule has 0 atom stereocenters. The topological polar surface area (TPSA) is 43.6 Å². The monoisotopic (exact) mass is 492 g/mol. The summed E-state index contributed by atoms with van der Waals surface area (Å²) >= 11 is 1.70. The summed E-state index contributed by atoms with van der Waals surface area (Å²) in [5.41, 5.74) is 6.48. The molecule has 180 valence electrons. The molecule has 0 amide bonds. The van der Waals surface area contributed by atoms with Crippen molar-refractivity contribution in [1.82, 2.24) is 4.57 Å². The summed E-state index contributed by atoms with van der Waals surface area (Å²) in [6, 6.07) is 24.3. The molecule has 0 bridgehead atoms. The second kappa shape index (κ2) is 9.96. The van der Waals surface area contributed by atoms with Crippen LogP contribution >= 0.6 is 11.3 Å². The highest BCUT2D eigenvalue weighted by atomic mass is 32.1. The average molecular weight is 493 g/mol. The van der Waals surface area contributed by atoms with E-state index in [1.807, 2.05) is 49.4 Å². The molecule has 0 fully saturated rings. The molecule has 2 heterocycles. The van der Waals surface area contributed by atoms with Crippen LogP contribution in [-0.2, 0) is 17.8 Å². The van der Waals surface area contributed by atoms with Gasteiger partial charge in [-0.1, -0.05) is 48.1 Å². The predicted octanol–water partition coefficient (Wildman–Crippen LogP) is 7.91. The van der Waals surface area contributed by atoms with Gasteiger partial charge in [0.2, 0.25) is 0 Å². The van der Waals surface area contributed by atoms with Gasteiger partial charge in [-0.05, 0) is 68.1 Å². The van der Waals surface area contributed by atoms with E-state index in [0.29, 0.717) is 17.7 Å². The third-order valence-corrected chi connectivity index (χ3v) is 7.28. The second-order valence-corrected chi connectivity index (χ2v) is 9.97. The molecule has 3 aromatic carbocycles. The molecule has 0 radical (unpaired) electrons. The minimum atomic E-state index is 0.0401. The molecule has 0 aliphatic rings. The lowest BCUT2D eigenvalue weighted by Gasteiger charge is -2.08. The Balaban J connectivity index is 1.66. The van der Waals surface area contributed by atoms with Crippen molar-refractivity contribution in [2.24, 2.45) is 5.16 Å². The van der Waals surface area contributed by atoms with Crippen LogP contribution in [0.3, 0.4) is 0 Å². The molecule has 5 aromatic rings. The Hall–Kier alpha value is -3.96. The molecule has 5 rings (SSSR count). The van der Waals surface area contributed by atoms with Gasteiger partial charge in [-0.2, -0.15) is 0 Å². The summed E-state index contributed by atoms with van der Waals surface area (Å²) in [5.74, 6) is 0.583. The van der Waals surface area contributed by atoms with Crippen molar-refractivity contribution in [2.45, 2.75) is 33.7 Å². The molecular weight excluding hydrogens is 464 g/mol. The maximum atomic E-state index is 13.4. The van der Waals surface area contributed by atoms with Crippen LogP contribution in [0, 0.1) is 6.92 Å². The number of thiophene rings is 1. The minimum absolute atomic E-state index is 0.0401. The van der Waals surface area contributed by atoms with E-state index >= 15 is 0 Å². The first kappa shape index (κ1) is 23.8. The molecule has 0 aliphatic heterocycles. The summed E-state index contributed by atoms with van der Waals surface area (Å²) in [6.45, 7) is 10.6. The number of oxime groups is 1. The standard InChI is InChI=1S/C31H28N2O2S/c1-5-33-29-14-12-22(28(32-35-20(2)3)19-24-10-8-16-36-24)17-26(29)27-18-23(13-15-30(27)33)31(34)25-11-7-6-9-21(25)4/h6-18H,2,5,19H2,1,3-4H3/b32-28+. The van der Waals surface area contributed by atoms with Crippen LogP contribution in [0.2, 0.25) is 0 Å². The van der Waals surface area contributed by atoms with Crippen LogP contribution in [0.4, 0.5) is 0 Å². The van der Waals surface area contributed by atoms with E-state index < -0.39 is 0 Å². The van der Waals surface area contributed by atoms with Crippen LogP contribution in [0.5, 0.6) is 0 Å². The van der Waals surface area contributed by atoms with Gasteiger partial charge in [-0.25, -0.2) is 0 Å². The van der Waals surface area contributed by atoms with Gasteiger partial charge >= 0.3 is 0 Å². The number of carbonyl (C=O) groups excluding carboxylic acids is 1. The van der Waals surface area contributed by atoms with E-state index in [-0.39, 0.29) is 5.78 Å². The summed E-state index contributed by atoms with van der Waals surface area (Å²) in [6.07, 6.45) is 0.667. The number of allylic oxidation sites excluding steroid dienone is 1. The highest BCUT2D eigenvalue weighted by Gasteiger charge is 2.17. The third kappa shape index (κ3) is 4.50. The molecular formula is C31H28N2O2S. The van der Waals surface area contributed by atoms with Crippen LogP contribution in [-0.4, -0.2) is 16.1 Å². The van der Waals surface area contributed by atoms with Crippen LogP contribution in [0.25, 0.3) is 21.8 Å². The average Bonchev–Trinajstić information content (AvgIpc) is 3.51. The number of fused-ring (bicyclic) bond motifs is 3. The molecule has 0 N–H and O–H groups in total. The van der Waals surface area contributed by atoms with Gasteiger partial charge in [0.15, 0.2) is 5.78 Å². The fourth-order valence-corrected chi connectivity index (χ4v) is 5.36. The van der Waals surface area contributed by atoms with Crippen molar-refractivity contribution in [3.8, 4) is 0 Å². The van der Waals surface area contributed by atoms with E-state index in [1.54, 1.807) is 18.3 Å². The first-order chi connectivity index (χ1) is 17.5. The Morgan fingerprint density at radius 2 is 1.67 bits per heavy atom. The predicted molar refractivity (Wildman–Crippen MR) is 150 cm³/mol. The fourth-order valence-electron chi connectivity index (χ4n) is 4.65. The molecule has 0 aliphatic carbocycles. The lowest BCUT2D eigenvalue weighted by atomic mass is 9.97. The highest BCUT2D eigenvalue weighted by molar-refractivity contribution is 7.10. The first-order valence-corrected chi connectivity index (χ1v) is 12.9. The summed E-state index contributed by atoms with van der Waals surface area (Å²) < 4.78 is 2.29. The van der Waals surface area contributed by atoms with E-state index in [1.165, 1.54) is 4.88 Å². The Morgan fingerprint density at radius 1 is 0.972 bits per heavy atom. The van der Waals surface area contributed by atoms with Gasteiger partial charge in [0.25, 0.3) is 0 Å². The third-order valence-electron chi connectivity index (χ3n) is 6.40. The number of nitrogens with zero attached hydrogens (tertiary/aromatic N) is 2. The van der Waals surface area contributed by atoms with Gasteiger partial charge in [-0.3, -0.25) is 4.79 Å². The van der Waals surface area contributed by atoms with Gasteiger partial charge in [0.1, 0.15) is 5.76 Å². The first-order valence-electron chi connectivity index (χ1n) is 12.0. The number of carbonyl (C=O) groups is 1. The van der Waals surface area contributed by atoms with E-state index in [9.17, 15) is 4.79 Å². The molecule has 0 spiro atoms. The van der Waals surface area contributed by atoms with Crippen molar-refractivity contribution in [3.63, 3.8) is 0 Å². The number of ketones is 1. The Labute approximate surface area is 215 Å². The van der Waals surface area contributed by atoms with Crippen molar-refractivity contribution in [2.75, 3.05) is 0 Å². The van der Waals surface area contributed by atoms with Crippen LogP contribution < -0.4 is 0 Å². The molecule has 36 heavy (non-hydrogen) atoms. The SMILES string of the molecule is C=C(C)O/N=C(\Cc1cccs1)c1ccc2c(c1)c1cc(C(=O)c3ccccc3C)ccc1n2CC. The van der Waals surface area contributed by atoms with Gasteiger partial charge in [-0.15, -0.1) is 11.3 Å². The van der Waals surface area contributed by atoms with Gasteiger partial charge in [0.05, 0.1) is 5.71 Å². The van der Waals surface area contributed by atoms with E-state index in [4.69, 9.17) is 4.84 Å². The van der Waals surface area contributed by atoms with Crippen molar-refractivity contribution < 1.29 is 9.63 Å². The number of rotatable bonds is 8. The Morgan fingerprint density at radius 3 is 2.31 bits per heavy atom. The molecule has 0 saturated heterocycles. The molecule has 2 aromatic heterocycles. The maximum Gasteiger partial charge on any atom is 0.193 e. The van der Waals surface area contributed by atoms with Gasteiger partial charge in [0, 0.05) is 56.3 Å². The zero-order valence-corrected chi connectivity index (χ0v) is 21.6. The maximum absolute atomic E-state index is 13.4. The zero-order valence-electron chi connectivity index (χ0n) is 20.7. The number of aromatic nitrogens is 1. The van der Waals surface area contributed by atoms with Gasteiger partial charge < -0.3 is 9.40 Å². The number of hydrogen-bond acceptors (Lipinski definition) is 4. The quantitative estimate of drug-likeness (QED) is 0.0956. The minimum Gasteiger partial charge on any atom is -0.362 e. The highest BCUT2D eigenvalue weighted by Crippen LogP contribution is 2.32. The number of benzene rings is 3. The van der Waals surface area contributed by atoms with Crippen molar-refractivity contribution in [1.29, 1.82) is 0 Å². The molecule has 4 nitrogen and oxygen atoms in total. The Bertz CT molecular complexity index is 1620. The van der Waals surface area contributed by atoms with E-state index in [2.05, 4.69) is 58.9 Å². The molecule has 0 unspecified atom stereocenters. The smallest absolute Gasteiger partial charge is 0.193 e. The van der Waals surface area contributed by atoms with Crippen LogP contribution in [0.1, 0.15) is 45.8 Å². The lowest BCUT2D eigenvalue weighted by Crippen LogP contribution is -2.05. The van der Waals surface area contributed by atoms with E-state index in [0.717, 1.165) is 50.8 Å². The summed E-state index contributed by atoms with van der Waals surface area (Å²) in [7, 11) is 0. The number of hydrogen-bond donors (Lipinski definition) is 0. The zero-order chi connectivity index (χ0) is 25.2. The summed E-state index contributed by atoms with van der Waals surface area (Å²) in [4.78, 5) is 20.1. The second-order valence-electron chi connectivity index (χ2n) is 8.94. The van der Waals surface area contributed by atoms with Crippen molar-refractivity contribution in [3.05, 3.63) is 118 Å². The summed E-state index contributed by atoms with van der Waals surface area (Å²) in [5, 5.41) is 8.66. The van der Waals surface area contributed by atoms with Crippen molar-refractivity contribution >= 4 is 44.6 Å². The fraction of sp³-hybridized carbons (Fsp3) is 0.161. The normalized spacial score (nSPS) is 11.8. The number of aryl methyl sites for hydroxylation is 2. The largest absolute Gasteiger partial charge is 0.362 e. The molecule has 0 saturated carbocycles.